The third-order valence-electron chi connectivity index (χ3n) is 5.01. The average molecular weight is 287 g/mol. The van der Waals surface area contributed by atoms with Gasteiger partial charge in [-0.05, 0) is 38.2 Å². The van der Waals surface area contributed by atoms with Crippen LogP contribution in [-0.2, 0) is 9.53 Å². The molecule has 0 N–H and O–H groups in total. The Bertz CT molecular complexity index is 467. The first-order valence-corrected chi connectivity index (χ1v) is 8.21. The van der Waals surface area contributed by atoms with Crippen molar-refractivity contribution in [1.82, 2.24) is 4.90 Å². The molecule has 21 heavy (non-hydrogen) atoms. The molecule has 0 aromatic heterocycles. The van der Waals surface area contributed by atoms with E-state index in [0.717, 1.165) is 38.8 Å². The number of rotatable bonds is 4. The van der Waals surface area contributed by atoms with Crippen LogP contribution in [0.25, 0.3) is 0 Å². The number of benzene rings is 1. The molecule has 3 heteroatoms. The van der Waals surface area contributed by atoms with Crippen LogP contribution in [0.15, 0.2) is 30.3 Å². The SMILES string of the molecule is C[C@@H]1[C@H](c2ccccc2)CCN1C(=O)CC[C@H]1CCCO1. The average Bonchev–Trinajstić information content (AvgIpc) is 3.15. The molecular formula is C18H25NO2. The van der Waals surface area contributed by atoms with Crippen LogP contribution in [0.4, 0.5) is 0 Å². The molecule has 2 fully saturated rings. The van der Waals surface area contributed by atoms with Crippen molar-refractivity contribution in [2.45, 2.75) is 57.1 Å². The zero-order valence-electron chi connectivity index (χ0n) is 12.8. The van der Waals surface area contributed by atoms with Crippen molar-refractivity contribution in [3.63, 3.8) is 0 Å². The van der Waals surface area contributed by atoms with E-state index >= 15 is 0 Å². The molecular weight excluding hydrogens is 262 g/mol. The van der Waals surface area contributed by atoms with E-state index in [9.17, 15) is 4.79 Å². The molecule has 3 nitrogen and oxygen atoms in total. The molecule has 0 saturated carbocycles. The highest BCUT2D eigenvalue weighted by Crippen LogP contribution is 2.33. The molecule has 1 aromatic rings. The van der Waals surface area contributed by atoms with Crippen LogP contribution >= 0.6 is 0 Å². The minimum Gasteiger partial charge on any atom is -0.378 e. The van der Waals surface area contributed by atoms with E-state index in [2.05, 4.69) is 36.1 Å². The number of carbonyl (C=O) groups excluding carboxylic acids is 1. The van der Waals surface area contributed by atoms with Crippen molar-refractivity contribution in [1.29, 1.82) is 0 Å². The van der Waals surface area contributed by atoms with Gasteiger partial charge in [0.25, 0.3) is 0 Å². The first-order chi connectivity index (χ1) is 10.3. The topological polar surface area (TPSA) is 29.5 Å². The number of carbonyl (C=O) groups is 1. The lowest BCUT2D eigenvalue weighted by atomic mass is 9.93. The Balaban J connectivity index is 1.55. The standard InChI is InChI=1S/C18H25NO2/c1-14-17(15-6-3-2-4-7-15)11-12-19(14)18(20)10-9-16-8-5-13-21-16/h2-4,6-7,14,16-17H,5,8-13H2,1H3/t14-,16-,17-/m1/s1. The second-order valence-corrected chi connectivity index (χ2v) is 6.31. The van der Waals surface area contributed by atoms with Crippen molar-refractivity contribution < 1.29 is 9.53 Å². The molecule has 0 bridgehead atoms. The van der Waals surface area contributed by atoms with Crippen molar-refractivity contribution in [2.75, 3.05) is 13.2 Å². The van der Waals surface area contributed by atoms with Crippen LogP contribution in [0, 0.1) is 0 Å². The number of hydrogen-bond donors (Lipinski definition) is 0. The quantitative estimate of drug-likeness (QED) is 0.850. The molecule has 0 unspecified atom stereocenters. The van der Waals surface area contributed by atoms with E-state index < -0.39 is 0 Å². The summed E-state index contributed by atoms with van der Waals surface area (Å²) in [4.78, 5) is 14.5. The normalized spacial score (nSPS) is 29.0. The van der Waals surface area contributed by atoms with Crippen LogP contribution in [0.2, 0.25) is 0 Å². The summed E-state index contributed by atoms with van der Waals surface area (Å²) in [6.45, 7) is 3.95. The molecule has 1 aromatic carbocycles. The summed E-state index contributed by atoms with van der Waals surface area (Å²) in [7, 11) is 0. The third kappa shape index (κ3) is 3.29. The molecule has 0 radical (unpaired) electrons. The molecule has 1 amide bonds. The minimum atomic E-state index is 0.302. The second-order valence-electron chi connectivity index (χ2n) is 6.31. The van der Waals surface area contributed by atoms with E-state index in [0.29, 0.717) is 30.4 Å². The van der Waals surface area contributed by atoms with Crippen molar-refractivity contribution in [3.8, 4) is 0 Å². The Morgan fingerprint density at radius 1 is 1.29 bits per heavy atom. The van der Waals surface area contributed by atoms with Crippen molar-refractivity contribution >= 4 is 5.91 Å². The summed E-state index contributed by atoms with van der Waals surface area (Å²) in [5.41, 5.74) is 1.36. The maximum Gasteiger partial charge on any atom is 0.222 e. The van der Waals surface area contributed by atoms with Crippen LogP contribution in [0.5, 0.6) is 0 Å². The molecule has 2 aliphatic heterocycles. The van der Waals surface area contributed by atoms with Crippen LogP contribution < -0.4 is 0 Å². The summed E-state index contributed by atoms with van der Waals surface area (Å²) < 4.78 is 5.61. The largest absolute Gasteiger partial charge is 0.378 e. The van der Waals surface area contributed by atoms with Gasteiger partial charge in [0.15, 0.2) is 0 Å². The third-order valence-corrected chi connectivity index (χ3v) is 5.01. The maximum absolute atomic E-state index is 12.5. The summed E-state index contributed by atoms with van der Waals surface area (Å²) >= 11 is 0. The molecule has 0 spiro atoms. The number of amides is 1. The Labute approximate surface area is 127 Å². The highest BCUT2D eigenvalue weighted by atomic mass is 16.5. The van der Waals surface area contributed by atoms with Gasteiger partial charge in [-0.1, -0.05) is 30.3 Å². The number of nitrogens with zero attached hydrogens (tertiary/aromatic N) is 1. The van der Waals surface area contributed by atoms with Gasteiger partial charge >= 0.3 is 0 Å². The maximum atomic E-state index is 12.5. The van der Waals surface area contributed by atoms with E-state index in [1.54, 1.807) is 0 Å². The van der Waals surface area contributed by atoms with Crippen LogP contribution in [0.3, 0.4) is 0 Å². The van der Waals surface area contributed by atoms with Gasteiger partial charge in [-0.15, -0.1) is 0 Å². The highest BCUT2D eigenvalue weighted by molar-refractivity contribution is 5.77. The van der Waals surface area contributed by atoms with Gasteiger partial charge in [0.1, 0.15) is 0 Å². The smallest absolute Gasteiger partial charge is 0.222 e. The fourth-order valence-electron chi connectivity index (χ4n) is 3.74. The zero-order valence-corrected chi connectivity index (χ0v) is 12.8. The Morgan fingerprint density at radius 2 is 2.10 bits per heavy atom. The van der Waals surface area contributed by atoms with Crippen molar-refractivity contribution in [2.24, 2.45) is 0 Å². The van der Waals surface area contributed by atoms with Gasteiger partial charge < -0.3 is 9.64 Å². The molecule has 2 aliphatic rings. The first kappa shape index (κ1) is 14.6. The monoisotopic (exact) mass is 287 g/mol. The van der Waals surface area contributed by atoms with E-state index in [-0.39, 0.29) is 0 Å². The number of hydrogen-bond acceptors (Lipinski definition) is 2. The Kier molecular flexibility index (Phi) is 4.59. The lowest BCUT2D eigenvalue weighted by Crippen LogP contribution is -2.35. The molecule has 3 rings (SSSR count). The fraction of sp³-hybridized carbons (Fsp3) is 0.611. The summed E-state index contributed by atoms with van der Waals surface area (Å²) in [6.07, 6.45) is 5.19. The first-order valence-electron chi connectivity index (χ1n) is 8.21. The summed E-state index contributed by atoms with van der Waals surface area (Å²) in [5.74, 6) is 0.786. The van der Waals surface area contributed by atoms with Gasteiger partial charge in [-0.2, -0.15) is 0 Å². The van der Waals surface area contributed by atoms with Gasteiger partial charge in [-0.25, -0.2) is 0 Å². The molecule has 0 aliphatic carbocycles. The highest BCUT2D eigenvalue weighted by Gasteiger charge is 2.34. The minimum absolute atomic E-state index is 0.302. The van der Waals surface area contributed by atoms with Crippen LogP contribution in [-0.4, -0.2) is 36.1 Å². The summed E-state index contributed by atoms with van der Waals surface area (Å²) in [6, 6.07) is 10.9. The van der Waals surface area contributed by atoms with Gasteiger partial charge in [0.05, 0.1) is 6.10 Å². The second kappa shape index (κ2) is 6.61. The molecule has 114 valence electrons. The Morgan fingerprint density at radius 3 is 2.81 bits per heavy atom. The predicted molar refractivity (Wildman–Crippen MR) is 83.2 cm³/mol. The van der Waals surface area contributed by atoms with Gasteiger partial charge in [0.2, 0.25) is 5.91 Å². The number of ether oxygens (including phenoxy) is 1. The lowest BCUT2D eigenvalue weighted by molar-refractivity contribution is -0.132. The van der Waals surface area contributed by atoms with Crippen molar-refractivity contribution in [3.05, 3.63) is 35.9 Å². The van der Waals surface area contributed by atoms with E-state index in [1.807, 2.05) is 6.07 Å². The summed E-state index contributed by atoms with van der Waals surface area (Å²) in [5, 5.41) is 0. The number of likely N-dealkylation sites (tertiary alicyclic amines) is 1. The van der Waals surface area contributed by atoms with Gasteiger partial charge in [-0.3, -0.25) is 4.79 Å². The lowest BCUT2D eigenvalue weighted by Gasteiger charge is -2.25. The zero-order chi connectivity index (χ0) is 14.7. The molecule has 2 saturated heterocycles. The molecule has 2 heterocycles. The fourth-order valence-corrected chi connectivity index (χ4v) is 3.74. The predicted octanol–water partition coefficient (Wildman–Crippen LogP) is 3.35. The molecule has 3 atom stereocenters. The van der Waals surface area contributed by atoms with E-state index in [1.165, 1.54) is 5.56 Å². The Hall–Kier alpha value is -1.35. The van der Waals surface area contributed by atoms with Gasteiger partial charge in [0, 0.05) is 31.5 Å². The van der Waals surface area contributed by atoms with Crippen LogP contribution in [0.1, 0.15) is 50.5 Å². The van der Waals surface area contributed by atoms with E-state index in [4.69, 9.17) is 4.74 Å².